The fourth-order valence-electron chi connectivity index (χ4n) is 1.26. The van der Waals surface area contributed by atoms with Crippen LogP contribution in [0.3, 0.4) is 0 Å². The van der Waals surface area contributed by atoms with Gasteiger partial charge in [-0.25, -0.2) is 0 Å². The lowest BCUT2D eigenvalue weighted by Crippen LogP contribution is -2.47. The molecule has 0 aliphatic rings. The zero-order chi connectivity index (χ0) is 11.1. The van der Waals surface area contributed by atoms with Gasteiger partial charge >= 0.3 is 0 Å². The number of rotatable bonds is 7. The van der Waals surface area contributed by atoms with Gasteiger partial charge in [0, 0.05) is 13.1 Å². The smallest absolute Gasteiger partial charge is 0.234 e. The summed E-state index contributed by atoms with van der Waals surface area (Å²) in [5.41, 5.74) is 5.32. The van der Waals surface area contributed by atoms with Crippen LogP contribution in [0.1, 0.15) is 20.3 Å². The minimum atomic E-state index is -0.252. The number of nitrogens with zero attached hydrogens (tertiary/aromatic N) is 1. The van der Waals surface area contributed by atoms with E-state index >= 15 is 0 Å². The Morgan fingerprint density at radius 2 is 2.07 bits per heavy atom. The van der Waals surface area contributed by atoms with Crippen molar-refractivity contribution in [2.75, 3.05) is 27.2 Å². The zero-order valence-electron chi connectivity index (χ0n) is 9.71. The van der Waals surface area contributed by atoms with E-state index in [1.807, 2.05) is 21.0 Å². The number of carbonyl (C=O) groups is 1. The molecular weight excluding hydrogens is 178 g/mol. The minimum Gasteiger partial charge on any atom is -0.368 e. The molecule has 0 spiro atoms. The second-order valence-corrected chi connectivity index (χ2v) is 4.02. The maximum absolute atomic E-state index is 11.1. The van der Waals surface area contributed by atoms with Crippen LogP contribution >= 0.6 is 0 Å². The highest BCUT2D eigenvalue weighted by atomic mass is 16.1. The normalized spacial score (nSPS) is 15.5. The van der Waals surface area contributed by atoms with E-state index < -0.39 is 0 Å². The molecule has 0 aliphatic heterocycles. The Labute approximate surface area is 86.8 Å². The second kappa shape index (κ2) is 6.79. The van der Waals surface area contributed by atoms with E-state index in [1.54, 1.807) is 0 Å². The Morgan fingerprint density at radius 3 is 2.43 bits per heavy atom. The zero-order valence-corrected chi connectivity index (χ0v) is 9.71. The number of amides is 1. The average molecular weight is 201 g/mol. The molecule has 0 aliphatic carbocycles. The molecule has 84 valence electrons. The van der Waals surface area contributed by atoms with Gasteiger partial charge in [-0.05, 0) is 20.0 Å². The Bertz CT molecular complexity index is 171. The van der Waals surface area contributed by atoms with Crippen LogP contribution in [0.5, 0.6) is 0 Å². The van der Waals surface area contributed by atoms with Gasteiger partial charge in [-0.2, -0.15) is 0 Å². The summed E-state index contributed by atoms with van der Waals surface area (Å²) in [5, 5.41) is 3.18. The molecule has 0 aromatic carbocycles. The summed E-state index contributed by atoms with van der Waals surface area (Å²) in [4.78, 5) is 13.2. The van der Waals surface area contributed by atoms with Gasteiger partial charge in [-0.1, -0.05) is 20.3 Å². The molecule has 0 fully saturated rings. The molecule has 0 saturated heterocycles. The van der Waals surface area contributed by atoms with Gasteiger partial charge < -0.3 is 16.0 Å². The third kappa shape index (κ3) is 5.19. The first kappa shape index (κ1) is 13.4. The van der Waals surface area contributed by atoms with Gasteiger partial charge in [0.1, 0.15) is 0 Å². The molecule has 14 heavy (non-hydrogen) atoms. The molecule has 0 rings (SSSR count). The highest BCUT2D eigenvalue weighted by Gasteiger charge is 2.20. The topological polar surface area (TPSA) is 58.4 Å². The van der Waals surface area contributed by atoms with Crippen LogP contribution in [-0.4, -0.2) is 44.0 Å². The van der Waals surface area contributed by atoms with E-state index in [1.165, 1.54) is 0 Å². The van der Waals surface area contributed by atoms with Gasteiger partial charge in [0.25, 0.3) is 0 Å². The summed E-state index contributed by atoms with van der Waals surface area (Å²) in [6, 6.07) is -0.194. The predicted molar refractivity (Wildman–Crippen MR) is 59.0 cm³/mol. The fourth-order valence-corrected chi connectivity index (χ4v) is 1.26. The molecule has 0 radical (unpaired) electrons. The third-order valence-electron chi connectivity index (χ3n) is 2.44. The van der Waals surface area contributed by atoms with Crippen LogP contribution in [0.15, 0.2) is 0 Å². The summed E-state index contributed by atoms with van der Waals surface area (Å²) >= 11 is 0. The molecular formula is C10H23N3O. The van der Waals surface area contributed by atoms with E-state index in [0.29, 0.717) is 5.92 Å². The highest BCUT2D eigenvalue weighted by molar-refractivity contribution is 5.80. The van der Waals surface area contributed by atoms with Gasteiger partial charge in [-0.3, -0.25) is 4.79 Å². The molecule has 0 bridgehead atoms. The number of nitrogens with two attached hydrogens (primary N) is 1. The van der Waals surface area contributed by atoms with Gasteiger partial charge in [0.05, 0.1) is 6.04 Å². The lowest BCUT2D eigenvalue weighted by Gasteiger charge is -2.22. The lowest BCUT2D eigenvalue weighted by atomic mass is 9.99. The van der Waals surface area contributed by atoms with Crippen molar-refractivity contribution in [1.82, 2.24) is 10.2 Å². The Hall–Kier alpha value is -0.610. The Balaban J connectivity index is 3.92. The summed E-state index contributed by atoms with van der Waals surface area (Å²) < 4.78 is 0. The van der Waals surface area contributed by atoms with Crippen LogP contribution in [0.4, 0.5) is 0 Å². The average Bonchev–Trinajstić information content (AvgIpc) is 2.10. The SMILES string of the molecule is CCC(C)C(NCCN(C)C)C(N)=O. The van der Waals surface area contributed by atoms with E-state index in [0.717, 1.165) is 19.5 Å². The summed E-state index contributed by atoms with van der Waals surface area (Å²) in [6.07, 6.45) is 0.961. The first-order valence-corrected chi connectivity index (χ1v) is 5.16. The lowest BCUT2D eigenvalue weighted by molar-refractivity contribution is -0.121. The van der Waals surface area contributed by atoms with Crippen molar-refractivity contribution in [3.63, 3.8) is 0 Å². The number of likely N-dealkylation sites (N-methyl/N-ethyl adjacent to an activating group) is 1. The monoisotopic (exact) mass is 201 g/mol. The van der Waals surface area contributed by atoms with Crippen molar-refractivity contribution in [3.8, 4) is 0 Å². The maximum Gasteiger partial charge on any atom is 0.234 e. The Morgan fingerprint density at radius 1 is 1.50 bits per heavy atom. The van der Waals surface area contributed by atoms with E-state index in [-0.39, 0.29) is 11.9 Å². The molecule has 3 N–H and O–H groups in total. The van der Waals surface area contributed by atoms with E-state index in [9.17, 15) is 4.79 Å². The van der Waals surface area contributed by atoms with Gasteiger partial charge in [-0.15, -0.1) is 0 Å². The molecule has 4 heteroatoms. The van der Waals surface area contributed by atoms with Crippen LogP contribution in [0.25, 0.3) is 0 Å². The van der Waals surface area contributed by atoms with Crippen molar-refractivity contribution in [2.45, 2.75) is 26.3 Å². The number of hydrogen-bond donors (Lipinski definition) is 2. The second-order valence-electron chi connectivity index (χ2n) is 4.02. The third-order valence-corrected chi connectivity index (χ3v) is 2.44. The van der Waals surface area contributed by atoms with E-state index in [2.05, 4.69) is 17.1 Å². The molecule has 1 amide bonds. The van der Waals surface area contributed by atoms with Crippen LogP contribution < -0.4 is 11.1 Å². The highest BCUT2D eigenvalue weighted by Crippen LogP contribution is 2.06. The molecule has 0 aromatic heterocycles. The summed E-state index contributed by atoms with van der Waals surface area (Å²) in [7, 11) is 4.01. The van der Waals surface area contributed by atoms with Crippen molar-refractivity contribution in [2.24, 2.45) is 11.7 Å². The summed E-state index contributed by atoms with van der Waals surface area (Å²) in [5.74, 6) is 0.0489. The van der Waals surface area contributed by atoms with Gasteiger partial charge in [0.15, 0.2) is 0 Å². The standard InChI is InChI=1S/C10H23N3O/c1-5-8(2)9(10(11)14)12-6-7-13(3)4/h8-9,12H,5-7H2,1-4H3,(H2,11,14). The van der Waals surface area contributed by atoms with Crippen molar-refractivity contribution >= 4 is 5.91 Å². The van der Waals surface area contributed by atoms with Crippen molar-refractivity contribution in [3.05, 3.63) is 0 Å². The molecule has 0 saturated carbocycles. The molecule has 0 heterocycles. The van der Waals surface area contributed by atoms with Crippen LogP contribution in [-0.2, 0) is 4.79 Å². The van der Waals surface area contributed by atoms with Crippen LogP contribution in [0.2, 0.25) is 0 Å². The fraction of sp³-hybridized carbons (Fsp3) is 0.900. The summed E-state index contributed by atoms with van der Waals surface area (Å²) in [6.45, 7) is 5.82. The number of primary amides is 1. The first-order chi connectivity index (χ1) is 6.49. The largest absolute Gasteiger partial charge is 0.368 e. The minimum absolute atomic E-state index is 0.194. The molecule has 4 nitrogen and oxygen atoms in total. The Kier molecular flexibility index (Phi) is 6.49. The predicted octanol–water partition coefficient (Wildman–Crippen LogP) is 0.0376. The number of nitrogens with one attached hydrogen (secondary N) is 1. The van der Waals surface area contributed by atoms with Crippen LogP contribution in [0, 0.1) is 5.92 Å². The van der Waals surface area contributed by atoms with Gasteiger partial charge in [0.2, 0.25) is 5.91 Å². The number of carbonyl (C=O) groups excluding carboxylic acids is 1. The molecule has 2 unspecified atom stereocenters. The number of hydrogen-bond acceptors (Lipinski definition) is 3. The first-order valence-electron chi connectivity index (χ1n) is 5.16. The maximum atomic E-state index is 11.1. The molecule has 0 aromatic rings. The van der Waals surface area contributed by atoms with Crippen molar-refractivity contribution < 1.29 is 4.79 Å². The van der Waals surface area contributed by atoms with E-state index in [4.69, 9.17) is 5.73 Å². The quantitative estimate of drug-likeness (QED) is 0.611. The molecule has 2 atom stereocenters. The van der Waals surface area contributed by atoms with Crippen molar-refractivity contribution in [1.29, 1.82) is 0 Å².